The molecular weight excluding hydrogens is 537 g/mol. The number of aliphatic carboxylic acids is 1. The number of carbonyl (C=O) groups excluding carboxylic acids is 2. The van der Waals surface area contributed by atoms with Crippen LogP contribution in [0, 0.1) is 25.2 Å². The first-order chi connectivity index (χ1) is 18.8. The van der Waals surface area contributed by atoms with Gasteiger partial charge in [0.1, 0.15) is 12.0 Å². The molecule has 5 rings (SSSR count). The molecule has 0 radical (unpaired) electrons. The number of nitrogens with one attached hydrogen (secondary N) is 1. The number of hydrogen-bond acceptors (Lipinski definition) is 8. The third-order valence-electron chi connectivity index (χ3n) is 7.84. The molecule has 2 saturated heterocycles. The van der Waals surface area contributed by atoms with E-state index in [9.17, 15) is 27.9 Å². The lowest BCUT2D eigenvalue weighted by Crippen LogP contribution is -2.45. The molecule has 220 valence electrons. The van der Waals surface area contributed by atoms with Gasteiger partial charge in [-0.15, -0.1) is 0 Å². The van der Waals surface area contributed by atoms with Crippen LogP contribution < -0.4 is 5.32 Å². The van der Waals surface area contributed by atoms with Crippen molar-refractivity contribution in [3.63, 3.8) is 0 Å². The molecule has 0 aromatic carbocycles. The van der Waals surface area contributed by atoms with Crippen molar-refractivity contribution in [2.45, 2.75) is 57.8 Å². The molecule has 1 aliphatic carbocycles. The van der Waals surface area contributed by atoms with E-state index < -0.39 is 23.6 Å². The number of rotatable bonds is 6. The maximum Gasteiger partial charge on any atom is 0.490 e. The summed E-state index contributed by atoms with van der Waals surface area (Å²) in [5.41, 5.74) is 0.783. The number of carbonyl (C=O) groups is 3. The van der Waals surface area contributed by atoms with Crippen LogP contribution in [0.25, 0.3) is 0 Å². The fourth-order valence-electron chi connectivity index (χ4n) is 5.87. The summed E-state index contributed by atoms with van der Waals surface area (Å²) in [5, 5.41) is 24.8. The predicted molar refractivity (Wildman–Crippen MR) is 132 cm³/mol. The minimum atomic E-state index is -5.08. The van der Waals surface area contributed by atoms with Crippen LogP contribution in [0.5, 0.6) is 0 Å². The number of nitrogens with zero attached hydrogens (tertiary/aromatic N) is 3. The topological polar surface area (TPSA) is 149 Å². The van der Waals surface area contributed by atoms with Crippen molar-refractivity contribution in [1.82, 2.24) is 20.3 Å². The number of carboxylic acids is 1. The monoisotopic (exact) mass is 570 g/mol. The second-order valence-electron chi connectivity index (χ2n) is 10.8. The predicted octanol–water partition coefficient (Wildman–Crippen LogP) is 2.68. The number of hydrogen-bond donors (Lipinski definition) is 3. The zero-order valence-corrected chi connectivity index (χ0v) is 22.2. The second-order valence-corrected chi connectivity index (χ2v) is 10.8. The Labute approximate surface area is 228 Å². The molecule has 0 spiro atoms. The fourth-order valence-corrected chi connectivity index (χ4v) is 5.87. The number of aliphatic hydroxyl groups is 1. The summed E-state index contributed by atoms with van der Waals surface area (Å²) in [5.74, 6) is -1.63. The number of furan rings is 1. The van der Waals surface area contributed by atoms with Gasteiger partial charge in [-0.3, -0.25) is 14.5 Å². The van der Waals surface area contributed by atoms with Crippen molar-refractivity contribution < 1.29 is 46.7 Å². The highest BCUT2D eigenvalue weighted by molar-refractivity contribution is 5.94. The lowest BCUT2D eigenvalue weighted by Gasteiger charge is -2.30. The van der Waals surface area contributed by atoms with Crippen molar-refractivity contribution in [3.05, 3.63) is 41.2 Å². The van der Waals surface area contributed by atoms with Gasteiger partial charge in [0.2, 0.25) is 5.91 Å². The summed E-state index contributed by atoms with van der Waals surface area (Å²) in [7, 11) is 0. The standard InChI is InChI=1S/C24H32N4O5.C2HF3O2/c1-15-7-20(33-26-15)21(22(30)25-19-5-3-4-6-19)27-9-18-10-28(13-24(18,12-27)14-29)23(31)17-8-16(2)32-11-17;3-2(4,5)1(6)7/h7-8,11,18-19,21,29H,3-6,9-10,12-14H2,1-2H3,(H,25,30);(H,6,7)/t18-,21?,24+;/m0./s1. The summed E-state index contributed by atoms with van der Waals surface area (Å²) in [6.45, 7) is 5.68. The van der Waals surface area contributed by atoms with E-state index in [-0.39, 0.29) is 30.4 Å². The quantitative estimate of drug-likeness (QED) is 0.477. The lowest BCUT2D eigenvalue weighted by molar-refractivity contribution is -0.192. The molecule has 14 heteroatoms. The largest absolute Gasteiger partial charge is 0.490 e. The number of aromatic nitrogens is 1. The highest BCUT2D eigenvalue weighted by Crippen LogP contribution is 2.45. The van der Waals surface area contributed by atoms with Gasteiger partial charge in [0.15, 0.2) is 11.8 Å². The van der Waals surface area contributed by atoms with Gasteiger partial charge in [0.25, 0.3) is 5.91 Å². The molecule has 1 unspecified atom stereocenters. The Morgan fingerprint density at radius 3 is 2.35 bits per heavy atom. The Bertz CT molecular complexity index is 1220. The third-order valence-corrected chi connectivity index (χ3v) is 7.84. The maximum atomic E-state index is 13.4. The van der Waals surface area contributed by atoms with E-state index in [4.69, 9.17) is 18.8 Å². The number of halogens is 3. The summed E-state index contributed by atoms with van der Waals surface area (Å²) in [4.78, 5) is 39.2. The zero-order valence-electron chi connectivity index (χ0n) is 22.2. The van der Waals surface area contributed by atoms with Gasteiger partial charge in [-0.05, 0) is 38.7 Å². The summed E-state index contributed by atoms with van der Waals surface area (Å²) in [6.07, 6.45) is 0.676. The van der Waals surface area contributed by atoms with Crippen molar-refractivity contribution >= 4 is 17.8 Å². The van der Waals surface area contributed by atoms with Crippen LogP contribution in [0.15, 0.2) is 27.3 Å². The van der Waals surface area contributed by atoms with Gasteiger partial charge in [0.05, 0.1) is 17.9 Å². The Hall–Kier alpha value is -3.39. The molecule has 2 aromatic heterocycles. The average Bonchev–Trinajstić information content (AvgIpc) is 3.69. The smallest absolute Gasteiger partial charge is 0.475 e. The van der Waals surface area contributed by atoms with Crippen LogP contribution in [-0.2, 0) is 9.59 Å². The molecule has 0 bridgehead atoms. The average molecular weight is 571 g/mol. The molecule has 3 fully saturated rings. The molecule has 3 N–H and O–H groups in total. The van der Waals surface area contributed by atoms with E-state index in [1.54, 1.807) is 11.0 Å². The molecule has 3 aliphatic rings. The molecule has 4 heterocycles. The number of fused-ring (bicyclic) bond motifs is 1. The molecule has 2 amide bonds. The van der Waals surface area contributed by atoms with Crippen LogP contribution in [0.2, 0.25) is 0 Å². The molecule has 1 saturated carbocycles. The van der Waals surface area contributed by atoms with Gasteiger partial charge in [0, 0.05) is 43.7 Å². The molecule has 2 aliphatic heterocycles. The number of aryl methyl sites for hydroxylation is 2. The van der Waals surface area contributed by atoms with Gasteiger partial charge in [-0.25, -0.2) is 4.79 Å². The minimum absolute atomic E-state index is 0.0469. The first-order valence-corrected chi connectivity index (χ1v) is 13.1. The highest BCUT2D eigenvalue weighted by Gasteiger charge is 2.55. The molecular formula is C26H33F3N4O7. The first-order valence-electron chi connectivity index (χ1n) is 13.1. The van der Waals surface area contributed by atoms with E-state index in [0.717, 1.165) is 31.4 Å². The maximum absolute atomic E-state index is 13.4. The van der Waals surface area contributed by atoms with Gasteiger partial charge >= 0.3 is 12.1 Å². The minimum Gasteiger partial charge on any atom is -0.475 e. The van der Waals surface area contributed by atoms with Gasteiger partial charge in [-0.1, -0.05) is 18.0 Å². The number of carboxylic acid groups (broad SMARTS) is 1. The normalized spacial score (nSPS) is 23.9. The van der Waals surface area contributed by atoms with Crippen molar-refractivity contribution in [1.29, 1.82) is 0 Å². The molecule has 40 heavy (non-hydrogen) atoms. The molecule has 11 nitrogen and oxygen atoms in total. The third kappa shape index (κ3) is 6.33. The lowest BCUT2D eigenvalue weighted by atomic mass is 9.82. The summed E-state index contributed by atoms with van der Waals surface area (Å²) in [6, 6.07) is 3.16. The van der Waals surface area contributed by atoms with Crippen LogP contribution in [0.1, 0.15) is 59.3 Å². The van der Waals surface area contributed by atoms with Crippen molar-refractivity contribution in [2.75, 3.05) is 32.8 Å². The van der Waals surface area contributed by atoms with Crippen LogP contribution >= 0.6 is 0 Å². The van der Waals surface area contributed by atoms with Gasteiger partial charge in [-0.2, -0.15) is 13.2 Å². The first kappa shape index (κ1) is 29.6. The van der Waals surface area contributed by atoms with Crippen LogP contribution in [-0.4, -0.2) is 88.0 Å². The summed E-state index contributed by atoms with van der Waals surface area (Å²) < 4.78 is 42.6. The second kappa shape index (κ2) is 11.6. The van der Waals surface area contributed by atoms with Crippen LogP contribution in [0.3, 0.4) is 0 Å². The number of alkyl halides is 3. The molecule has 3 atom stereocenters. The Kier molecular flexibility index (Phi) is 8.59. The zero-order chi connectivity index (χ0) is 29.2. The SMILES string of the molecule is Cc1cc(C(C(=O)NC2CCCC2)N2C[C@H]3CN(C(=O)c4coc(C)c4)C[C@@]3(CO)C2)on1.O=C(O)C(F)(F)F. The van der Waals surface area contributed by atoms with E-state index in [2.05, 4.69) is 15.4 Å². The van der Waals surface area contributed by atoms with Crippen LogP contribution in [0.4, 0.5) is 13.2 Å². The van der Waals surface area contributed by atoms with E-state index in [1.165, 1.54) is 6.26 Å². The Morgan fingerprint density at radius 2 is 1.85 bits per heavy atom. The van der Waals surface area contributed by atoms with E-state index in [0.29, 0.717) is 43.3 Å². The van der Waals surface area contributed by atoms with E-state index in [1.807, 2.05) is 19.9 Å². The number of amides is 2. The van der Waals surface area contributed by atoms with Crippen molar-refractivity contribution in [3.8, 4) is 0 Å². The van der Waals surface area contributed by atoms with Crippen molar-refractivity contribution in [2.24, 2.45) is 11.3 Å². The Morgan fingerprint density at radius 1 is 1.18 bits per heavy atom. The molecule has 2 aromatic rings. The van der Waals surface area contributed by atoms with Gasteiger partial charge < -0.3 is 29.4 Å². The fraction of sp³-hybridized carbons (Fsp3) is 0.615. The number of likely N-dealkylation sites (tertiary alicyclic amines) is 2. The highest BCUT2D eigenvalue weighted by atomic mass is 19.4. The Balaban J connectivity index is 0.000000470. The van der Waals surface area contributed by atoms with E-state index >= 15 is 0 Å². The summed E-state index contributed by atoms with van der Waals surface area (Å²) >= 11 is 0. The number of aliphatic hydroxyl groups excluding tert-OH is 1.